The fourth-order valence-corrected chi connectivity index (χ4v) is 2.31. The van der Waals surface area contributed by atoms with Crippen LogP contribution in [0.5, 0.6) is 0 Å². The number of carboxylic acids is 1. The van der Waals surface area contributed by atoms with E-state index in [1.165, 1.54) is 17.0 Å². The molecule has 120 valence electrons. The molecular formula is C14H14F3LiN2O3. The third-order valence-corrected chi connectivity index (χ3v) is 3.49. The largest absolute Gasteiger partial charge is 1.00 e. The fourth-order valence-electron chi connectivity index (χ4n) is 2.31. The van der Waals surface area contributed by atoms with Gasteiger partial charge in [-0.3, -0.25) is 4.79 Å². The zero-order chi connectivity index (χ0) is 16.3. The molecule has 1 aromatic carbocycles. The number of alkyl halides is 3. The minimum atomic E-state index is -4.37. The van der Waals surface area contributed by atoms with Crippen molar-refractivity contribution in [2.24, 2.45) is 0 Å². The molecule has 0 spiro atoms. The first-order valence-corrected chi connectivity index (χ1v) is 6.67. The van der Waals surface area contributed by atoms with Crippen molar-refractivity contribution in [2.45, 2.75) is 12.6 Å². The number of nitrogens with zero attached hydrogens (tertiary/aromatic N) is 2. The number of piperazine rings is 1. The summed E-state index contributed by atoms with van der Waals surface area (Å²) in [7, 11) is 0. The number of halogens is 3. The van der Waals surface area contributed by atoms with E-state index in [9.17, 15) is 27.9 Å². The quantitative estimate of drug-likeness (QED) is 0.456. The number of rotatable bonds is 3. The first-order valence-electron chi connectivity index (χ1n) is 6.67. The first kappa shape index (κ1) is 19.4. The van der Waals surface area contributed by atoms with E-state index in [2.05, 4.69) is 0 Å². The van der Waals surface area contributed by atoms with E-state index in [-0.39, 0.29) is 18.9 Å². The van der Waals surface area contributed by atoms with Crippen molar-refractivity contribution in [3.63, 3.8) is 0 Å². The maximum atomic E-state index is 12.5. The minimum Gasteiger partial charge on any atom is -0.550 e. The average molecular weight is 322 g/mol. The van der Waals surface area contributed by atoms with E-state index in [0.717, 1.165) is 12.1 Å². The van der Waals surface area contributed by atoms with Gasteiger partial charge in [-0.15, -0.1) is 0 Å². The number of carbonyl (C=O) groups is 2. The van der Waals surface area contributed by atoms with Crippen molar-refractivity contribution in [3.8, 4) is 0 Å². The molecule has 0 aromatic heterocycles. The summed E-state index contributed by atoms with van der Waals surface area (Å²) in [5, 5.41) is 10.4. The van der Waals surface area contributed by atoms with Gasteiger partial charge in [-0.2, -0.15) is 13.2 Å². The molecule has 2 rings (SSSR count). The molecule has 1 saturated heterocycles. The van der Waals surface area contributed by atoms with Gasteiger partial charge in [0.05, 0.1) is 18.0 Å². The van der Waals surface area contributed by atoms with Crippen molar-refractivity contribution < 1.29 is 46.7 Å². The van der Waals surface area contributed by atoms with Gasteiger partial charge >= 0.3 is 25.0 Å². The third-order valence-electron chi connectivity index (χ3n) is 3.49. The molecule has 9 heteroatoms. The van der Waals surface area contributed by atoms with E-state index >= 15 is 0 Å². The molecule has 1 aliphatic rings. The van der Waals surface area contributed by atoms with Crippen LogP contribution in [0.4, 0.5) is 18.9 Å². The molecule has 0 saturated carbocycles. The molecule has 5 nitrogen and oxygen atoms in total. The predicted molar refractivity (Wildman–Crippen MR) is 69.9 cm³/mol. The van der Waals surface area contributed by atoms with Crippen LogP contribution in [0.3, 0.4) is 0 Å². The van der Waals surface area contributed by atoms with Gasteiger partial charge in [0.2, 0.25) is 5.91 Å². The summed E-state index contributed by atoms with van der Waals surface area (Å²) >= 11 is 0. The molecule has 0 atom stereocenters. The Morgan fingerprint density at radius 3 is 2.00 bits per heavy atom. The molecule has 0 aliphatic carbocycles. The molecule has 0 unspecified atom stereocenters. The molecular weight excluding hydrogens is 308 g/mol. The van der Waals surface area contributed by atoms with Crippen LogP contribution < -0.4 is 28.9 Å². The van der Waals surface area contributed by atoms with Crippen molar-refractivity contribution >= 4 is 17.6 Å². The van der Waals surface area contributed by atoms with Crippen LogP contribution in [0.2, 0.25) is 0 Å². The summed E-state index contributed by atoms with van der Waals surface area (Å²) in [4.78, 5) is 25.2. The van der Waals surface area contributed by atoms with Crippen molar-refractivity contribution in [2.75, 3.05) is 31.1 Å². The molecule has 1 amide bonds. The first-order chi connectivity index (χ1) is 10.3. The Hall–Kier alpha value is -1.65. The Kier molecular flexibility index (Phi) is 6.54. The predicted octanol–water partition coefficient (Wildman–Crippen LogP) is -2.50. The summed E-state index contributed by atoms with van der Waals surface area (Å²) in [6, 6.07) is 4.81. The van der Waals surface area contributed by atoms with Gasteiger partial charge in [-0.05, 0) is 24.3 Å². The molecule has 1 aromatic rings. The molecule has 0 N–H and O–H groups in total. The number of anilines is 1. The van der Waals surface area contributed by atoms with Crippen LogP contribution in [0.15, 0.2) is 24.3 Å². The zero-order valence-electron chi connectivity index (χ0n) is 12.6. The van der Waals surface area contributed by atoms with Gasteiger partial charge < -0.3 is 19.7 Å². The second-order valence-corrected chi connectivity index (χ2v) is 4.96. The van der Waals surface area contributed by atoms with Gasteiger partial charge in [-0.25, -0.2) is 0 Å². The Morgan fingerprint density at radius 1 is 1.04 bits per heavy atom. The number of aliphatic carboxylic acids is 1. The Balaban J connectivity index is 0.00000264. The minimum absolute atomic E-state index is 0. The molecule has 23 heavy (non-hydrogen) atoms. The Morgan fingerprint density at radius 2 is 1.57 bits per heavy atom. The number of benzene rings is 1. The van der Waals surface area contributed by atoms with E-state index in [1.54, 1.807) is 0 Å². The van der Waals surface area contributed by atoms with E-state index in [1.807, 2.05) is 4.90 Å². The van der Waals surface area contributed by atoms with E-state index < -0.39 is 30.0 Å². The summed E-state index contributed by atoms with van der Waals surface area (Å²) in [6.45, 7) is 1.52. The zero-order valence-corrected chi connectivity index (χ0v) is 12.6. The SMILES string of the molecule is O=C([O-])CC(=O)N1CCN(c2ccc(C(F)(F)F)cc2)CC1.[Li+]. The summed E-state index contributed by atoms with van der Waals surface area (Å²) in [6.07, 6.45) is -5.02. The topological polar surface area (TPSA) is 63.7 Å². The molecule has 1 heterocycles. The van der Waals surface area contributed by atoms with Gasteiger partial charge in [0.25, 0.3) is 0 Å². The molecule has 0 radical (unpaired) electrons. The van der Waals surface area contributed by atoms with Crippen molar-refractivity contribution in [1.29, 1.82) is 0 Å². The molecule has 1 fully saturated rings. The number of carbonyl (C=O) groups excluding carboxylic acids is 2. The number of hydrogen-bond acceptors (Lipinski definition) is 4. The van der Waals surface area contributed by atoms with Gasteiger partial charge in [0.15, 0.2) is 0 Å². The van der Waals surface area contributed by atoms with Crippen LogP contribution in [0.25, 0.3) is 0 Å². The van der Waals surface area contributed by atoms with Gasteiger partial charge in [-0.1, -0.05) is 0 Å². The Labute approximate surface area is 143 Å². The molecule has 0 bridgehead atoms. The summed E-state index contributed by atoms with van der Waals surface area (Å²) < 4.78 is 37.5. The van der Waals surface area contributed by atoms with Crippen LogP contribution in [0.1, 0.15) is 12.0 Å². The van der Waals surface area contributed by atoms with E-state index in [0.29, 0.717) is 31.9 Å². The normalized spacial score (nSPS) is 15.1. The number of hydrogen-bond donors (Lipinski definition) is 0. The fraction of sp³-hybridized carbons (Fsp3) is 0.429. The maximum Gasteiger partial charge on any atom is 1.00 e. The smallest absolute Gasteiger partial charge is 0.550 e. The van der Waals surface area contributed by atoms with E-state index in [4.69, 9.17) is 0 Å². The number of amides is 1. The summed E-state index contributed by atoms with van der Waals surface area (Å²) in [5.41, 5.74) is -0.0703. The second kappa shape index (κ2) is 7.75. The standard InChI is InChI=1S/C14H15F3N2O3.Li/c15-14(16,17)10-1-3-11(4-2-10)18-5-7-19(8-6-18)12(20)9-13(21)22;/h1-4H,5-9H2,(H,21,22);/q;+1/p-1. The van der Waals surface area contributed by atoms with Crippen LogP contribution in [-0.2, 0) is 15.8 Å². The van der Waals surface area contributed by atoms with Crippen molar-refractivity contribution in [1.82, 2.24) is 4.90 Å². The van der Waals surface area contributed by atoms with Gasteiger partial charge in [0.1, 0.15) is 0 Å². The monoisotopic (exact) mass is 322 g/mol. The Bertz CT molecular complexity index is 555. The number of carboxylic acid groups (broad SMARTS) is 1. The van der Waals surface area contributed by atoms with Crippen LogP contribution in [-0.4, -0.2) is 43.0 Å². The molecule has 1 aliphatic heterocycles. The van der Waals surface area contributed by atoms with Gasteiger partial charge in [0, 0.05) is 31.9 Å². The van der Waals surface area contributed by atoms with Crippen LogP contribution in [0, 0.1) is 0 Å². The maximum absolute atomic E-state index is 12.5. The van der Waals surface area contributed by atoms with Crippen LogP contribution >= 0.6 is 0 Å². The second-order valence-electron chi connectivity index (χ2n) is 4.96. The average Bonchev–Trinajstić information content (AvgIpc) is 2.46. The van der Waals surface area contributed by atoms with Crippen molar-refractivity contribution in [3.05, 3.63) is 29.8 Å². The third kappa shape index (κ3) is 5.18. The summed E-state index contributed by atoms with van der Waals surface area (Å²) in [5.74, 6) is -1.93.